The van der Waals surface area contributed by atoms with Crippen LogP contribution in [-0.4, -0.2) is 4.57 Å². The highest BCUT2D eigenvalue weighted by molar-refractivity contribution is 6.13. The molecule has 1 heteroatoms. The van der Waals surface area contributed by atoms with Crippen molar-refractivity contribution < 1.29 is 0 Å². The molecule has 0 bridgehead atoms. The average Bonchev–Trinajstić information content (AvgIpc) is 3.12. The number of fused-ring (bicyclic) bond motifs is 4. The lowest BCUT2D eigenvalue weighted by atomic mass is 10.00. The lowest BCUT2D eigenvalue weighted by Gasteiger charge is -2.09. The Hall–Kier alpha value is -3.84. The number of nitrogens with zero attached hydrogens (tertiary/aromatic N) is 1. The zero-order chi connectivity index (χ0) is 19.2. The Balaban J connectivity index is 1.68. The first-order valence-corrected chi connectivity index (χ1v) is 9.96. The van der Waals surface area contributed by atoms with E-state index in [4.69, 9.17) is 0 Å². The maximum Gasteiger partial charge on any atom is 0.0547 e. The first-order chi connectivity index (χ1) is 14.4. The van der Waals surface area contributed by atoms with Crippen LogP contribution in [0.4, 0.5) is 0 Å². The molecule has 136 valence electrons. The molecule has 0 aliphatic rings. The van der Waals surface area contributed by atoms with E-state index in [-0.39, 0.29) is 0 Å². The Kier molecular flexibility index (Phi) is 3.54. The van der Waals surface area contributed by atoms with Gasteiger partial charge in [-0.3, -0.25) is 0 Å². The topological polar surface area (TPSA) is 4.93 Å². The van der Waals surface area contributed by atoms with Gasteiger partial charge in [-0.2, -0.15) is 0 Å². The minimum atomic E-state index is 1.19. The first-order valence-electron chi connectivity index (χ1n) is 9.96. The lowest BCUT2D eigenvalue weighted by molar-refractivity contribution is 1.18. The van der Waals surface area contributed by atoms with E-state index in [9.17, 15) is 0 Å². The summed E-state index contributed by atoms with van der Waals surface area (Å²) in [5.74, 6) is 0. The van der Waals surface area contributed by atoms with Crippen molar-refractivity contribution in [1.82, 2.24) is 4.57 Å². The van der Waals surface area contributed by atoms with Gasteiger partial charge in [0.1, 0.15) is 0 Å². The van der Waals surface area contributed by atoms with Gasteiger partial charge < -0.3 is 4.57 Å². The van der Waals surface area contributed by atoms with Crippen molar-refractivity contribution in [3.63, 3.8) is 0 Å². The molecular formula is C28H19N. The maximum absolute atomic E-state index is 2.37. The summed E-state index contributed by atoms with van der Waals surface area (Å²) >= 11 is 0. The largest absolute Gasteiger partial charge is 0.309 e. The van der Waals surface area contributed by atoms with E-state index in [1.807, 2.05) is 0 Å². The predicted octanol–water partition coefficient (Wildman–Crippen LogP) is 7.60. The molecule has 1 nitrogen and oxygen atoms in total. The molecule has 1 heterocycles. The Labute approximate surface area is 169 Å². The van der Waals surface area contributed by atoms with Gasteiger partial charge in [-0.1, -0.05) is 78.9 Å². The van der Waals surface area contributed by atoms with Gasteiger partial charge in [0.15, 0.2) is 0 Å². The maximum atomic E-state index is 2.37. The number of hydrogen-bond acceptors (Lipinski definition) is 0. The summed E-state index contributed by atoms with van der Waals surface area (Å²) in [6, 6.07) is 41.3. The molecule has 0 unspecified atom stereocenters. The summed E-state index contributed by atoms with van der Waals surface area (Å²) in [5, 5.41) is 5.12. The monoisotopic (exact) mass is 369 g/mol. The third-order valence-corrected chi connectivity index (χ3v) is 5.75. The highest BCUT2D eigenvalue weighted by Crippen LogP contribution is 2.35. The van der Waals surface area contributed by atoms with Gasteiger partial charge in [0.25, 0.3) is 0 Å². The highest BCUT2D eigenvalue weighted by atomic mass is 15.0. The van der Waals surface area contributed by atoms with Gasteiger partial charge >= 0.3 is 0 Å². The van der Waals surface area contributed by atoms with Crippen molar-refractivity contribution in [2.24, 2.45) is 0 Å². The molecule has 5 aromatic carbocycles. The van der Waals surface area contributed by atoms with Crippen molar-refractivity contribution in [2.45, 2.75) is 0 Å². The number of rotatable bonds is 2. The van der Waals surface area contributed by atoms with Crippen LogP contribution in [-0.2, 0) is 0 Å². The summed E-state index contributed by atoms with van der Waals surface area (Å²) in [4.78, 5) is 0. The second-order valence-corrected chi connectivity index (χ2v) is 7.49. The van der Waals surface area contributed by atoms with Gasteiger partial charge in [0, 0.05) is 16.5 Å². The smallest absolute Gasteiger partial charge is 0.0547 e. The predicted molar refractivity (Wildman–Crippen MR) is 124 cm³/mol. The van der Waals surface area contributed by atoms with E-state index in [0.717, 1.165) is 0 Å². The van der Waals surface area contributed by atoms with Crippen molar-refractivity contribution in [1.29, 1.82) is 0 Å². The molecule has 0 aliphatic carbocycles. The van der Waals surface area contributed by atoms with Crippen molar-refractivity contribution >= 4 is 32.6 Å². The van der Waals surface area contributed by atoms with E-state index in [2.05, 4.69) is 120 Å². The molecule has 0 saturated heterocycles. The van der Waals surface area contributed by atoms with Gasteiger partial charge in [-0.15, -0.1) is 0 Å². The molecule has 6 rings (SSSR count). The van der Waals surface area contributed by atoms with Crippen LogP contribution in [0.3, 0.4) is 0 Å². The summed E-state index contributed by atoms with van der Waals surface area (Å²) < 4.78 is 2.37. The molecule has 29 heavy (non-hydrogen) atoms. The normalized spacial score (nSPS) is 11.4. The van der Waals surface area contributed by atoms with E-state index < -0.39 is 0 Å². The molecule has 0 fully saturated rings. The van der Waals surface area contributed by atoms with E-state index in [1.165, 1.54) is 49.4 Å². The van der Waals surface area contributed by atoms with Gasteiger partial charge in [-0.25, -0.2) is 0 Å². The van der Waals surface area contributed by atoms with Crippen LogP contribution in [0.1, 0.15) is 0 Å². The molecule has 0 amide bonds. The van der Waals surface area contributed by atoms with Crippen molar-refractivity contribution in [3.8, 4) is 16.8 Å². The number of benzene rings is 5. The molecule has 0 atom stereocenters. The van der Waals surface area contributed by atoms with E-state index >= 15 is 0 Å². The Bertz CT molecular complexity index is 1480. The van der Waals surface area contributed by atoms with E-state index in [1.54, 1.807) is 0 Å². The molecule has 1 aromatic heterocycles. The Morgan fingerprint density at radius 2 is 1.14 bits per heavy atom. The van der Waals surface area contributed by atoms with Crippen LogP contribution in [0.15, 0.2) is 115 Å². The van der Waals surface area contributed by atoms with Crippen LogP contribution in [0.2, 0.25) is 0 Å². The van der Waals surface area contributed by atoms with Crippen molar-refractivity contribution in [3.05, 3.63) is 115 Å². The number of hydrogen-bond donors (Lipinski definition) is 0. The van der Waals surface area contributed by atoms with Crippen LogP contribution in [0.25, 0.3) is 49.4 Å². The molecule has 0 N–H and O–H groups in total. The Morgan fingerprint density at radius 1 is 0.414 bits per heavy atom. The molecular weight excluding hydrogens is 350 g/mol. The quantitative estimate of drug-likeness (QED) is 0.296. The summed E-state index contributed by atoms with van der Waals surface area (Å²) in [6.07, 6.45) is 0. The first kappa shape index (κ1) is 16.1. The molecule has 0 radical (unpaired) electrons. The van der Waals surface area contributed by atoms with Crippen LogP contribution in [0.5, 0.6) is 0 Å². The standard InChI is InChI=1S/C28H19N/c1-3-9-20(10-4-1)21-15-16-22-19-28-26(18-23(22)17-21)25-13-7-8-14-27(25)29(28)24-11-5-2-6-12-24/h1-19H. The summed E-state index contributed by atoms with van der Waals surface area (Å²) in [6.45, 7) is 0. The Morgan fingerprint density at radius 3 is 1.97 bits per heavy atom. The fraction of sp³-hybridized carbons (Fsp3) is 0. The molecule has 6 aromatic rings. The van der Waals surface area contributed by atoms with Crippen molar-refractivity contribution in [2.75, 3.05) is 0 Å². The van der Waals surface area contributed by atoms with Gasteiger partial charge in [0.2, 0.25) is 0 Å². The highest BCUT2D eigenvalue weighted by Gasteiger charge is 2.13. The van der Waals surface area contributed by atoms with Gasteiger partial charge in [0.05, 0.1) is 11.0 Å². The summed E-state index contributed by atoms with van der Waals surface area (Å²) in [5.41, 5.74) is 6.19. The molecule has 0 spiro atoms. The minimum Gasteiger partial charge on any atom is -0.309 e. The van der Waals surface area contributed by atoms with E-state index in [0.29, 0.717) is 0 Å². The number of para-hydroxylation sites is 2. The second kappa shape index (κ2) is 6.35. The fourth-order valence-electron chi connectivity index (χ4n) is 4.38. The molecule has 0 aliphatic heterocycles. The van der Waals surface area contributed by atoms with Gasteiger partial charge in [-0.05, 0) is 58.3 Å². The fourth-order valence-corrected chi connectivity index (χ4v) is 4.38. The number of aromatic nitrogens is 1. The van der Waals surface area contributed by atoms with Crippen LogP contribution in [0, 0.1) is 0 Å². The zero-order valence-corrected chi connectivity index (χ0v) is 15.9. The summed E-state index contributed by atoms with van der Waals surface area (Å²) in [7, 11) is 0. The third kappa shape index (κ3) is 2.55. The van der Waals surface area contributed by atoms with Crippen LogP contribution >= 0.6 is 0 Å². The SMILES string of the molecule is c1ccc(-c2ccc3cc4c(cc3c2)c2ccccc2n4-c2ccccc2)cc1. The average molecular weight is 369 g/mol. The molecule has 0 saturated carbocycles. The lowest BCUT2D eigenvalue weighted by Crippen LogP contribution is -1.92. The zero-order valence-electron chi connectivity index (χ0n) is 15.9. The third-order valence-electron chi connectivity index (χ3n) is 5.75. The second-order valence-electron chi connectivity index (χ2n) is 7.49. The van der Waals surface area contributed by atoms with Crippen LogP contribution < -0.4 is 0 Å². The minimum absolute atomic E-state index is 1.19.